The van der Waals surface area contributed by atoms with Gasteiger partial charge in [-0.15, -0.1) is 0 Å². The van der Waals surface area contributed by atoms with Crippen molar-refractivity contribution < 1.29 is 9.59 Å². The lowest BCUT2D eigenvalue weighted by Gasteiger charge is -2.32. The summed E-state index contributed by atoms with van der Waals surface area (Å²) in [4.78, 5) is 27.8. The second-order valence-corrected chi connectivity index (χ2v) is 8.02. The van der Waals surface area contributed by atoms with Crippen LogP contribution in [0.1, 0.15) is 53.0 Å². The highest BCUT2D eigenvalue weighted by Crippen LogP contribution is 2.36. The van der Waals surface area contributed by atoms with Crippen molar-refractivity contribution >= 4 is 11.7 Å². The second-order valence-electron chi connectivity index (χ2n) is 8.02. The monoisotopic (exact) mass is 362 g/mol. The van der Waals surface area contributed by atoms with E-state index in [-0.39, 0.29) is 17.7 Å². The van der Waals surface area contributed by atoms with Crippen LogP contribution in [-0.4, -0.2) is 42.3 Å². The first-order chi connectivity index (χ1) is 13.0. The Kier molecular flexibility index (Phi) is 4.83. The number of likely N-dealkylation sites (tertiary alicyclic amines) is 1. The summed E-state index contributed by atoms with van der Waals surface area (Å²) in [7, 11) is 0. The van der Waals surface area contributed by atoms with E-state index in [9.17, 15) is 9.59 Å². The topological polar surface area (TPSA) is 49.4 Å². The Morgan fingerprint density at radius 3 is 2.67 bits per heavy atom. The van der Waals surface area contributed by atoms with Crippen LogP contribution >= 0.6 is 0 Å². The van der Waals surface area contributed by atoms with Crippen molar-refractivity contribution in [2.75, 3.05) is 19.6 Å². The SMILES string of the molecule is CC1CCCN(CC(C)NC(=O)c2ccc3c(c2)C(=O)c2ccccc2-3)C1. The number of carbonyl (C=O) groups excluding carboxylic acids is 2. The van der Waals surface area contributed by atoms with Gasteiger partial charge in [-0.2, -0.15) is 0 Å². The van der Waals surface area contributed by atoms with Crippen molar-refractivity contribution in [2.45, 2.75) is 32.7 Å². The Morgan fingerprint density at radius 1 is 1.15 bits per heavy atom. The number of piperidine rings is 1. The van der Waals surface area contributed by atoms with Crippen LogP contribution in [0.2, 0.25) is 0 Å². The van der Waals surface area contributed by atoms with Crippen molar-refractivity contribution in [3.63, 3.8) is 0 Å². The highest BCUT2D eigenvalue weighted by Gasteiger charge is 2.27. The quantitative estimate of drug-likeness (QED) is 0.769. The highest BCUT2D eigenvalue weighted by molar-refractivity contribution is 6.22. The Balaban J connectivity index is 1.45. The number of hydrogen-bond donors (Lipinski definition) is 1. The molecule has 4 rings (SSSR count). The first kappa shape index (κ1) is 17.9. The standard InChI is InChI=1S/C23H26N2O2/c1-15-6-5-11-25(13-15)14-16(2)24-23(27)17-9-10-19-18-7-3-4-8-20(18)22(26)21(19)12-17/h3-4,7-10,12,15-16H,5-6,11,13-14H2,1-2H3,(H,24,27). The molecule has 1 saturated heterocycles. The van der Waals surface area contributed by atoms with Crippen LogP contribution in [0.5, 0.6) is 0 Å². The second kappa shape index (κ2) is 7.28. The van der Waals surface area contributed by atoms with Crippen molar-refractivity contribution in [3.8, 4) is 11.1 Å². The average Bonchev–Trinajstić information content (AvgIpc) is 2.94. The predicted octanol–water partition coefficient (Wildman–Crippen LogP) is 3.75. The predicted molar refractivity (Wildman–Crippen MR) is 107 cm³/mol. The summed E-state index contributed by atoms with van der Waals surface area (Å²) in [6.07, 6.45) is 2.53. The fourth-order valence-electron chi connectivity index (χ4n) is 4.36. The van der Waals surface area contributed by atoms with Gasteiger partial charge in [0.05, 0.1) is 0 Å². The molecule has 0 saturated carbocycles. The molecule has 0 bridgehead atoms. The number of ketones is 1. The van der Waals surface area contributed by atoms with Crippen molar-refractivity contribution in [2.24, 2.45) is 5.92 Å². The number of benzene rings is 2. The van der Waals surface area contributed by atoms with E-state index >= 15 is 0 Å². The summed E-state index contributed by atoms with van der Waals surface area (Å²) >= 11 is 0. The molecular formula is C23H26N2O2. The minimum atomic E-state index is -0.112. The maximum absolute atomic E-state index is 12.7. The van der Waals surface area contributed by atoms with E-state index in [1.807, 2.05) is 43.3 Å². The minimum absolute atomic E-state index is 0.00519. The summed E-state index contributed by atoms with van der Waals surface area (Å²) in [6.45, 7) is 7.41. The molecule has 1 fully saturated rings. The number of carbonyl (C=O) groups is 2. The zero-order valence-electron chi connectivity index (χ0n) is 16.0. The molecule has 2 aromatic rings. The molecule has 1 aliphatic heterocycles. The van der Waals surface area contributed by atoms with Crippen molar-refractivity contribution in [1.82, 2.24) is 10.2 Å². The third-order valence-corrected chi connectivity index (χ3v) is 5.64. The lowest BCUT2D eigenvalue weighted by molar-refractivity contribution is 0.0920. The first-order valence-corrected chi connectivity index (χ1v) is 9.84. The number of fused-ring (bicyclic) bond motifs is 3. The molecular weight excluding hydrogens is 336 g/mol. The van der Waals surface area contributed by atoms with E-state index in [1.165, 1.54) is 12.8 Å². The van der Waals surface area contributed by atoms with Gasteiger partial charge in [0.25, 0.3) is 5.91 Å². The zero-order chi connectivity index (χ0) is 19.0. The lowest BCUT2D eigenvalue weighted by atomic mass is 10.00. The summed E-state index contributed by atoms with van der Waals surface area (Å²) < 4.78 is 0. The van der Waals surface area contributed by atoms with E-state index in [1.54, 1.807) is 6.07 Å². The highest BCUT2D eigenvalue weighted by atomic mass is 16.1. The average molecular weight is 362 g/mol. The first-order valence-electron chi connectivity index (χ1n) is 9.84. The number of nitrogens with zero attached hydrogens (tertiary/aromatic N) is 1. The summed E-state index contributed by atoms with van der Waals surface area (Å²) in [5, 5.41) is 3.09. The zero-order valence-corrected chi connectivity index (χ0v) is 16.0. The molecule has 1 heterocycles. The van der Waals surface area contributed by atoms with Crippen LogP contribution in [0.3, 0.4) is 0 Å². The molecule has 0 radical (unpaired) electrons. The third kappa shape index (κ3) is 3.54. The van der Waals surface area contributed by atoms with Crippen LogP contribution in [0, 0.1) is 5.92 Å². The van der Waals surface area contributed by atoms with Crippen LogP contribution in [0.25, 0.3) is 11.1 Å². The van der Waals surface area contributed by atoms with Crippen molar-refractivity contribution in [3.05, 3.63) is 59.2 Å². The maximum atomic E-state index is 12.7. The molecule has 0 spiro atoms. The molecule has 140 valence electrons. The Labute approximate surface area is 160 Å². The van der Waals surface area contributed by atoms with Crippen LogP contribution in [-0.2, 0) is 0 Å². The van der Waals surface area contributed by atoms with Crippen LogP contribution in [0.15, 0.2) is 42.5 Å². The van der Waals surface area contributed by atoms with Gasteiger partial charge in [-0.25, -0.2) is 0 Å². The molecule has 1 N–H and O–H groups in total. The molecule has 27 heavy (non-hydrogen) atoms. The molecule has 0 aromatic heterocycles. The van der Waals surface area contributed by atoms with Gasteiger partial charge in [0.2, 0.25) is 0 Å². The van der Waals surface area contributed by atoms with Gasteiger partial charge in [0.1, 0.15) is 0 Å². The van der Waals surface area contributed by atoms with E-state index in [0.717, 1.165) is 42.2 Å². The van der Waals surface area contributed by atoms with Crippen LogP contribution in [0.4, 0.5) is 0 Å². The van der Waals surface area contributed by atoms with E-state index in [4.69, 9.17) is 0 Å². The molecule has 2 aliphatic rings. The molecule has 2 atom stereocenters. The van der Waals surface area contributed by atoms with Gasteiger partial charge in [0.15, 0.2) is 5.78 Å². The van der Waals surface area contributed by atoms with Gasteiger partial charge >= 0.3 is 0 Å². The summed E-state index contributed by atoms with van der Waals surface area (Å²) in [6, 6.07) is 13.1. The lowest BCUT2D eigenvalue weighted by Crippen LogP contribution is -2.45. The molecule has 1 aliphatic carbocycles. The van der Waals surface area contributed by atoms with Gasteiger partial charge in [-0.3, -0.25) is 9.59 Å². The normalized spacial score (nSPS) is 20.1. The van der Waals surface area contributed by atoms with Gasteiger partial charge in [-0.1, -0.05) is 37.3 Å². The number of nitrogens with one attached hydrogen (secondary N) is 1. The number of rotatable bonds is 4. The third-order valence-electron chi connectivity index (χ3n) is 5.64. The fraction of sp³-hybridized carbons (Fsp3) is 0.391. The minimum Gasteiger partial charge on any atom is -0.348 e. The van der Waals surface area contributed by atoms with Crippen LogP contribution < -0.4 is 5.32 Å². The Hall–Kier alpha value is -2.46. The molecule has 2 unspecified atom stereocenters. The smallest absolute Gasteiger partial charge is 0.251 e. The molecule has 2 aromatic carbocycles. The number of amides is 1. The maximum Gasteiger partial charge on any atom is 0.251 e. The largest absolute Gasteiger partial charge is 0.348 e. The van der Waals surface area contributed by atoms with E-state index in [2.05, 4.69) is 17.1 Å². The molecule has 4 heteroatoms. The molecule has 1 amide bonds. The fourth-order valence-corrected chi connectivity index (χ4v) is 4.36. The van der Waals surface area contributed by atoms with E-state index in [0.29, 0.717) is 11.1 Å². The van der Waals surface area contributed by atoms with Crippen molar-refractivity contribution in [1.29, 1.82) is 0 Å². The molecule has 4 nitrogen and oxygen atoms in total. The van der Waals surface area contributed by atoms with E-state index < -0.39 is 0 Å². The van der Waals surface area contributed by atoms with Gasteiger partial charge < -0.3 is 10.2 Å². The van der Waals surface area contributed by atoms with Gasteiger partial charge in [0, 0.05) is 35.8 Å². The number of hydrogen-bond acceptors (Lipinski definition) is 3. The summed E-state index contributed by atoms with van der Waals surface area (Å²) in [5.41, 5.74) is 3.77. The Bertz CT molecular complexity index is 890. The van der Waals surface area contributed by atoms with Gasteiger partial charge in [-0.05, 0) is 55.5 Å². The Morgan fingerprint density at radius 2 is 1.89 bits per heavy atom. The summed E-state index contributed by atoms with van der Waals surface area (Å²) in [5.74, 6) is 0.621.